The topological polar surface area (TPSA) is 64.0 Å². The molecule has 1 unspecified atom stereocenters. The highest BCUT2D eigenvalue weighted by Crippen LogP contribution is 2.33. The molecule has 1 N–H and O–H groups in total. The second kappa shape index (κ2) is 8.10. The molecule has 0 saturated heterocycles. The van der Waals surface area contributed by atoms with Gasteiger partial charge in [0, 0.05) is 28.8 Å². The third-order valence-corrected chi connectivity index (χ3v) is 5.94. The van der Waals surface area contributed by atoms with Gasteiger partial charge in [0.1, 0.15) is 0 Å². The lowest BCUT2D eigenvalue weighted by atomic mass is 10.2. The Morgan fingerprint density at radius 2 is 2.24 bits per heavy atom. The Morgan fingerprint density at radius 1 is 1.44 bits per heavy atom. The van der Waals surface area contributed by atoms with Crippen molar-refractivity contribution in [3.05, 3.63) is 46.4 Å². The standard InChI is InChI=1S/C18H21N3O2S2/c1-3-6-12-9-17(23)21-13(11-25-18(21)19-12)10-16(22)20-14-7-4-5-8-15(14)24-2/h4-5,7-9,13H,3,6,10-11H2,1-2H3,(H,20,22). The maximum atomic E-state index is 12.5. The summed E-state index contributed by atoms with van der Waals surface area (Å²) in [7, 11) is 0. The molecule has 1 aliphatic heterocycles. The van der Waals surface area contributed by atoms with Crippen molar-refractivity contribution in [3.8, 4) is 0 Å². The van der Waals surface area contributed by atoms with E-state index in [1.54, 1.807) is 34.2 Å². The van der Waals surface area contributed by atoms with E-state index in [0.717, 1.165) is 34.3 Å². The first-order valence-electron chi connectivity index (χ1n) is 8.30. The van der Waals surface area contributed by atoms with E-state index in [1.807, 2.05) is 30.5 Å². The van der Waals surface area contributed by atoms with Crippen LogP contribution in [0.3, 0.4) is 0 Å². The molecule has 25 heavy (non-hydrogen) atoms. The summed E-state index contributed by atoms with van der Waals surface area (Å²) in [4.78, 5) is 30.5. The molecule has 1 amide bonds. The molecule has 0 fully saturated rings. The van der Waals surface area contributed by atoms with E-state index >= 15 is 0 Å². The van der Waals surface area contributed by atoms with Gasteiger partial charge in [-0.25, -0.2) is 4.98 Å². The predicted molar refractivity (Wildman–Crippen MR) is 104 cm³/mol. The maximum absolute atomic E-state index is 12.5. The fourth-order valence-electron chi connectivity index (χ4n) is 2.90. The lowest BCUT2D eigenvalue weighted by Crippen LogP contribution is -2.27. The Kier molecular flexibility index (Phi) is 5.86. The quantitative estimate of drug-likeness (QED) is 0.617. The Labute approximate surface area is 155 Å². The maximum Gasteiger partial charge on any atom is 0.254 e. The number of aromatic nitrogens is 2. The number of hydrogen-bond acceptors (Lipinski definition) is 5. The van der Waals surface area contributed by atoms with Crippen LogP contribution in [0.15, 0.2) is 45.2 Å². The van der Waals surface area contributed by atoms with Gasteiger partial charge in [-0.1, -0.05) is 37.2 Å². The van der Waals surface area contributed by atoms with Gasteiger partial charge in [-0.3, -0.25) is 14.2 Å². The third kappa shape index (κ3) is 4.10. The van der Waals surface area contributed by atoms with Crippen LogP contribution in [0.25, 0.3) is 0 Å². The van der Waals surface area contributed by atoms with Crippen LogP contribution in [0.4, 0.5) is 5.69 Å². The van der Waals surface area contributed by atoms with Crippen LogP contribution in [0, 0.1) is 0 Å². The fourth-order valence-corrected chi connectivity index (χ4v) is 4.62. The van der Waals surface area contributed by atoms with Gasteiger partial charge in [-0.2, -0.15) is 0 Å². The highest BCUT2D eigenvalue weighted by atomic mass is 32.2. The number of nitrogens with zero attached hydrogens (tertiary/aromatic N) is 2. The molecule has 1 aromatic carbocycles. The number of para-hydroxylation sites is 1. The van der Waals surface area contributed by atoms with Crippen LogP contribution in [0.1, 0.15) is 31.5 Å². The van der Waals surface area contributed by atoms with Crippen LogP contribution in [-0.4, -0.2) is 27.5 Å². The number of fused-ring (bicyclic) bond motifs is 1. The molecule has 1 aliphatic rings. The number of amides is 1. The predicted octanol–water partition coefficient (Wildman–Crippen LogP) is 3.59. The number of anilines is 1. The van der Waals surface area contributed by atoms with E-state index in [-0.39, 0.29) is 23.9 Å². The molecule has 0 bridgehead atoms. The lowest BCUT2D eigenvalue weighted by molar-refractivity contribution is -0.116. The Bertz CT molecular complexity index is 835. The van der Waals surface area contributed by atoms with E-state index in [1.165, 1.54) is 0 Å². The molecular formula is C18H21N3O2S2. The second-order valence-corrected chi connectivity index (χ2v) is 7.74. The first kappa shape index (κ1) is 18.1. The van der Waals surface area contributed by atoms with E-state index in [9.17, 15) is 9.59 Å². The van der Waals surface area contributed by atoms with Gasteiger partial charge < -0.3 is 5.32 Å². The van der Waals surface area contributed by atoms with E-state index in [0.29, 0.717) is 5.75 Å². The van der Waals surface area contributed by atoms with Gasteiger partial charge in [-0.15, -0.1) is 11.8 Å². The molecule has 0 saturated carbocycles. The van der Waals surface area contributed by atoms with Gasteiger partial charge in [0.05, 0.1) is 11.7 Å². The van der Waals surface area contributed by atoms with Crippen molar-refractivity contribution in [2.75, 3.05) is 17.3 Å². The minimum atomic E-state index is -0.142. The molecule has 0 aliphatic carbocycles. The van der Waals surface area contributed by atoms with Gasteiger partial charge in [0.15, 0.2) is 5.16 Å². The van der Waals surface area contributed by atoms with Crippen molar-refractivity contribution in [2.24, 2.45) is 0 Å². The number of carbonyl (C=O) groups excluding carboxylic acids is 1. The molecule has 2 aromatic rings. The van der Waals surface area contributed by atoms with E-state index in [2.05, 4.69) is 17.2 Å². The minimum Gasteiger partial charge on any atom is -0.325 e. The average Bonchev–Trinajstić information content (AvgIpc) is 2.98. The summed E-state index contributed by atoms with van der Waals surface area (Å²) in [5.41, 5.74) is 1.60. The summed E-state index contributed by atoms with van der Waals surface area (Å²) in [6, 6.07) is 9.19. The van der Waals surface area contributed by atoms with Crippen LogP contribution in [0.5, 0.6) is 0 Å². The van der Waals surface area contributed by atoms with Crippen LogP contribution in [0.2, 0.25) is 0 Å². The zero-order chi connectivity index (χ0) is 17.8. The molecule has 1 atom stereocenters. The summed E-state index contributed by atoms with van der Waals surface area (Å²) in [6.45, 7) is 2.07. The van der Waals surface area contributed by atoms with Crippen molar-refractivity contribution in [3.63, 3.8) is 0 Å². The molecule has 3 rings (SSSR count). The van der Waals surface area contributed by atoms with Crippen molar-refractivity contribution < 1.29 is 4.79 Å². The van der Waals surface area contributed by atoms with Crippen molar-refractivity contribution >= 4 is 35.1 Å². The minimum absolute atomic E-state index is 0.0548. The molecule has 7 heteroatoms. The summed E-state index contributed by atoms with van der Waals surface area (Å²) >= 11 is 3.15. The number of carbonyl (C=O) groups is 1. The number of aryl methyl sites for hydroxylation is 1. The first-order valence-corrected chi connectivity index (χ1v) is 10.5. The summed E-state index contributed by atoms with van der Waals surface area (Å²) in [5, 5.41) is 3.70. The number of hydrogen-bond donors (Lipinski definition) is 1. The SMILES string of the molecule is CCCc1cc(=O)n2c(n1)SCC2CC(=O)Nc1ccccc1SC. The van der Waals surface area contributed by atoms with Crippen molar-refractivity contribution in [1.29, 1.82) is 0 Å². The van der Waals surface area contributed by atoms with Crippen LogP contribution in [-0.2, 0) is 11.2 Å². The van der Waals surface area contributed by atoms with Crippen LogP contribution >= 0.6 is 23.5 Å². The summed E-state index contributed by atoms with van der Waals surface area (Å²) in [5.74, 6) is 0.625. The summed E-state index contributed by atoms with van der Waals surface area (Å²) in [6.07, 6.45) is 4.02. The van der Waals surface area contributed by atoms with E-state index in [4.69, 9.17) is 0 Å². The number of nitrogens with one attached hydrogen (secondary N) is 1. The number of thioether (sulfide) groups is 2. The monoisotopic (exact) mass is 375 g/mol. The molecule has 5 nitrogen and oxygen atoms in total. The van der Waals surface area contributed by atoms with Gasteiger partial charge in [0.25, 0.3) is 5.56 Å². The number of benzene rings is 1. The second-order valence-electron chi connectivity index (χ2n) is 5.91. The van der Waals surface area contributed by atoms with E-state index < -0.39 is 0 Å². The highest BCUT2D eigenvalue weighted by Gasteiger charge is 2.27. The average molecular weight is 376 g/mol. The van der Waals surface area contributed by atoms with Crippen LogP contribution < -0.4 is 10.9 Å². The van der Waals surface area contributed by atoms with Crippen molar-refractivity contribution in [1.82, 2.24) is 9.55 Å². The Hall–Kier alpha value is -1.73. The molecule has 2 heterocycles. The molecule has 0 radical (unpaired) electrons. The third-order valence-electron chi connectivity index (χ3n) is 4.05. The zero-order valence-corrected chi connectivity index (χ0v) is 16.0. The Balaban J connectivity index is 1.73. The van der Waals surface area contributed by atoms with Gasteiger partial charge >= 0.3 is 0 Å². The molecule has 0 spiro atoms. The largest absolute Gasteiger partial charge is 0.325 e. The lowest BCUT2D eigenvalue weighted by Gasteiger charge is -2.14. The zero-order valence-electron chi connectivity index (χ0n) is 14.3. The molecule has 1 aromatic heterocycles. The first-order chi connectivity index (χ1) is 12.1. The van der Waals surface area contributed by atoms with Crippen molar-refractivity contribution in [2.45, 2.75) is 42.3 Å². The Morgan fingerprint density at radius 3 is 3.00 bits per heavy atom. The molecule has 132 valence electrons. The molecular weight excluding hydrogens is 354 g/mol. The normalized spacial score (nSPS) is 15.8. The summed E-state index contributed by atoms with van der Waals surface area (Å²) < 4.78 is 1.67. The highest BCUT2D eigenvalue weighted by molar-refractivity contribution is 7.99. The van der Waals surface area contributed by atoms with Gasteiger partial charge in [-0.05, 0) is 24.8 Å². The fraction of sp³-hybridized carbons (Fsp3) is 0.389. The van der Waals surface area contributed by atoms with Gasteiger partial charge in [0.2, 0.25) is 5.91 Å². The smallest absolute Gasteiger partial charge is 0.254 e. The number of rotatable bonds is 6.